The van der Waals surface area contributed by atoms with Crippen LogP contribution in [0.3, 0.4) is 0 Å². The van der Waals surface area contributed by atoms with E-state index in [0.717, 1.165) is 17.5 Å². The van der Waals surface area contributed by atoms with Crippen LogP contribution in [0.15, 0.2) is 66.7 Å². The number of hydrogen-bond donors (Lipinski definition) is 1. The van der Waals surface area contributed by atoms with Crippen molar-refractivity contribution in [2.45, 2.75) is 18.4 Å². The molecule has 0 aliphatic carbocycles. The Hall–Kier alpha value is -3.80. The van der Waals surface area contributed by atoms with Crippen LogP contribution in [0.4, 0.5) is 5.69 Å². The molecule has 0 saturated heterocycles. The lowest BCUT2D eigenvalue weighted by Gasteiger charge is -2.45. The maximum absolute atomic E-state index is 13.8. The van der Waals surface area contributed by atoms with Crippen LogP contribution >= 0.6 is 0 Å². The van der Waals surface area contributed by atoms with Gasteiger partial charge in [0, 0.05) is 18.2 Å². The molecule has 0 saturated carbocycles. The summed E-state index contributed by atoms with van der Waals surface area (Å²) in [5, 5.41) is 3.04. The van der Waals surface area contributed by atoms with Crippen LogP contribution in [0.2, 0.25) is 0 Å². The molecule has 3 aromatic rings. The number of benzene rings is 3. The fourth-order valence-corrected chi connectivity index (χ4v) is 4.87. The lowest BCUT2D eigenvalue weighted by molar-refractivity contribution is -0.119. The Bertz CT molecular complexity index is 1210. The van der Waals surface area contributed by atoms with Crippen LogP contribution in [0.5, 0.6) is 11.5 Å². The molecule has 2 atom stereocenters. The molecule has 0 spiro atoms. The molecule has 0 aromatic heterocycles. The van der Waals surface area contributed by atoms with Gasteiger partial charge in [0.2, 0.25) is 5.91 Å². The fourth-order valence-electron chi connectivity index (χ4n) is 4.87. The van der Waals surface area contributed by atoms with Gasteiger partial charge in [-0.05, 0) is 41.3 Å². The standard InChI is InChI=1S/C26H24N2O4/c1-31-17-11-12-21(22(15-17)32-2)27-25(29)23-19-9-5-6-10-20(19)26(30)28-14-13-16-7-3-4-8-18(16)24(23)28/h3-12,15,23-24H,13-14H2,1-2H3,(H,27,29)/t23-,24+/m0/s1. The van der Waals surface area contributed by atoms with Crippen molar-refractivity contribution in [1.29, 1.82) is 0 Å². The Balaban J connectivity index is 1.60. The first-order valence-corrected chi connectivity index (χ1v) is 10.6. The van der Waals surface area contributed by atoms with E-state index in [1.165, 1.54) is 5.56 Å². The molecular formula is C26H24N2O4. The number of methoxy groups -OCH3 is 2. The number of ether oxygens (including phenoxy) is 2. The number of carbonyl (C=O) groups excluding carboxylic acids is 2. The van der Waals surface area contributed by atoms with Gasteiger partial charge in [-0.2, -0.15) is 0 Å². The Morgan fingerprint density at radius 1 is 0.969 bits per heavy atom. The Kier molecular flexibility index (Phi) is 5.05. The summed E-state index contributed by atoms with van der Waals surface area (Å²) < 4.78 is 10.7. The van der Waals surface area contributed by atoms with Crippen molar-refractivity contribution in [2.75, 3.05) is 26.1 Å². The van der Waals surface area contributed by atoms with Gasteiger partial charge in [-0.25, -0.2) is 0 Å². The van der Waals surface area contributed by atoms with Crippen molar-refractivity contribution in [3.05, 3.63) is 89.0 Å². The molecule has 2 aliphatic heterocycles. The first-order chi connectivity index (χ1) is 15.6. The van der Waals surface area contributed by atoms with E-state index in [9.17, 15) is 9.59 Å². The predicted octanol–water partition coefficient (Wildman–Crippen LogP) is 4.18. The second-order valence-electron chi connectivity index (χ2n) is 8.01. The molecule has 5 rings (SSSR count). The van der Waals surface area contributed by atoms with E-state index in [1.54, 1.807) is 32.4 Å². The van der Waals surface area contributed by atoms with Gasteiger partial charge in [-0.3, -0.25) is 9.59 Å². The third kappa shape index (κ3) is 3.19. The Labute approximate surface area is 186 Å². The van der Waals surface area contributed by atoms with Gasteiger partial charge >= 0.3 is 0 Å². The van der Waals surface area contributed by atoms with E-state index >= 15 is 0 Å². The van der Waals surface area contributed by atoms with E-state index in [-0.39, 0.29) is 17.9 Å². The molecule has 6 nitrogen and oxygen atoms in total. The summed E-state index contributed by atoms with van der Waals surface area (Å²) in [6.45, 7) is 0.588. The van der Waals surface area contributed by atoms with Gasteiger partial charge in [-0.15, -0.1) is 0 Å². The number of nitrogens with one attached hydrogen (secondary N) is 1. The van der Waals surface area contributed by atoms with Gasteiger partial charge in [-0.1, -0.05) is 42.5 Å². The van der Waals surface area contributed by atoms with Crippen LogP contribution in [0.25, 0.3) is 0 Å². The highest BCUT2D eigenvalue weighted by Gasteiger charge is 2.46. The zero-order valence-corrected chi connectivity index (χ0v) is 18.0. The molecule has 0 unspecified atom stereocenters. The quantitative estimate of drug-likeness (QED) is 0.677. The first-order valence-electron chi connectivity index (χ1n) is 10.6. The van der Waals surface area contributed by atoms with Gasteiger partial charge < -0.3 is 19.7 Å². The summed E-state index contributed by atoms with van der Waals surface area (Å²) in [6.07, 6.45) is 0.779. The van der Waals surface area contributed by atoms with Crippen molar-refractivity contribution >= 4 is 17.5 Å². The highest BCUT2D eigenvalue weighted by Crippen LogP contribution is 2.46. The molecule has 0 bridgehead atoms. The molecule has 6 heteroatoms. The number of carbonyl (C=O) groups is 2. The average Bonchev–Trinajstić information content (AvgIpc) is 2.84. The number of amides is 2. The third-order valence-electron chi connectivity index (χ3n) is 6.38. The highest BCUT2D eigenvalue weighted by atomic mass is 16.5. The summed E-state index contributed by atoms with van der Waals surface area (Å²) in [7, 11) is 3.14. The van der Waals surface area contributed by atoms with Gasteiger partial charge in [0.25, 0.3) is 5.91 Å². The summed E-state index contributed by atoms with van der Waals surface area (Å²) >= 11 is 0. The largest absolute Gasteiger partial charge is 0.497 e. The van der Waals surface area contributed by atoms with Crippen LogP contribution in [0.1, 0.15) is 39.0 Å². The Morgan fingerprint density at radius 3 is 2.50 bits per heavy atom. The molecule has 1 N–H and O–H groups in total. The van der Waals surface area contributed by atoms with Crippen molar-refractivity contribution in [1.82, 2.24) is 4.90 Å². The fraction of sp³-hybridized carbons (Fsp3) is 0.231. The van der Waals surface area contributed by atoms with E-state index in [4.69, 9.17) is 9.47 Å². The molecule has 2 heterocycles. The van der Waals surface area contributed by atoms with Crippen LogP contribution in [0, 0.1) is 0 Å². The van der Waals surface area contributed by atoms with E-state index in [1.807, 2.05) is 47.4 Å². The zero-order chi connectivity index (χ0) is 22.2. The zero-order valence-electron chi connectivity index (χ0n) is 18.0. The van der Waals surface area contributed by atoms with Crippen LogP contribution < -0.4 is 14.8 Å². The molecule has 0 fully saturated rings. The van der Waals surface area contributed by atoms with E-state index in [0.29, 0.717) is 29.3 Å². The first kappa shape index (κ1) is 20.1. The molecule has 2 amide bonds. The summed E-state index contributed by atoms with van der Waals surface area (Å²) in [4.78, 5) is 29.0. The van der Waals surface area contributed by atoms with Crippen molar-refractivity contribution < 1.29 is 19.1 Å². The number of nitrogens with zero attached hydrogens (tertiary/aromatic N) is 1. The van der Waals surface area contributed by atoms with Gasteiger partial charge in [0.15, 0.2) is 0 Å². The maximum Gasteiger partial charge on any atom is 0.254 e. The van der Waals surface area contributed by atoms with Crippen molar-refractivity contribution in [3.8, 4) is 11.5 Å². The smallest absolute Gasteiger partial charge is 0.254 e. The molecule has 3 aromatic carbocycles. The van der Waals surface area contributed by atoms with E-state index < -0.39 is 5.92 Å². The minimum Gasteiger partial charge on any atom is -0.497 e. The third-order valence-corrected chi connectivity index (χ3v) is 6.38. The summed E-state index contributed by atoms with van der Waals surface area (Å²) in [5.41, 5.74) is 4.11. The Morgan fingerprint density at radius 2 is 1.72 bits per heavy atom. The molecule has 32 heavy (non-hydrogen) atoms. The predicted molar refractivity (Wildman–Crippen MR) is 121 cm³/mol. The number of anilines is 1. The SMILES string of the molecule is COc1ccc(NC(=O)[C@H]2c3ccccc3C(=O)N3CCc4ccccc4[C@H]23)c(OC)c1. The lowest BCUT2D eigenvalue weighted by atomic mass is 9.76. The molecule has 162 valence electrons. The minimum atomic E-state index is -0.544. The van der Waals surface area contributed by atoms with E-state index in [2.05, 4.69) is 11.4 Å². The minimum absolute atomic E-state index is 0.0221. The highest BCUT2D eigenvalue weighted by molar-refractivity contribution is 6.05. The average molecular weight is 428 g/mol. The lowest BCUT2D eigenvalue weighted by Crippen LogP contribution is -2.49. The number of rotatable bonds is 4. The van der Waals surface area contributed by atoms with Crippen molar-refractivity contribution in [3.63, 3.8) is 0 Å². The molecule has 0 radical (unpaired) electrons. The second kappa shape index (κ2) is 8.04. The maximum atomic E-state index is 13.8. The molecule has 2 aliphatic rings. The monoisotopic (exact) mass is 428 g/mol. The molecular weight excluding hydrogens is 404 g/mol. The topological polar surface area (TPSA) is 67.9 Å². The van der Waals surface area contributed by atoms with Crippen LogP contribution in [-0.2, 0) is 11.2 Å². The number of hydrogen-bond acceptors (Lipinski definition) is 4. The summed E-state index contributed by atoms with van der Waals surface area (Å²) in [6, 6.07) is 20.4. The van der Waals surface area contributed by atoms with Gasteiger partial charge in [0.1, 0.15) is 11.5 Å². The second-order valence-corrected chi connectivity index (χ2v) is 8.01. The number of fused-ring (bicyclic) bond motifs is 4. The normalized spacial score (nSPS) is 18.8. The van der Waals surface area contributed by atoms with Crippen LogP contribution in [-0.4, -0.2) is 37.5 Å². The van der Waals surface area contributed by atoms with Crippen molar-refractivity contribution in [2.24, 2.45) is 0 Å². The summed E-state index contributed by atoms with van der Waals surface area (Å²) in [5.74, 6) is 0.406. The van der Waals surface area contributed by atoms with Gasteiger partial charge in [0.05, 0.1) is 31.9 Å².